The Morgan fingerprint density at radius 3 is 2.80 bits per heavy atom. The van der Waals surface area contributed by atoms with Gasteiger partial charge in [0.15, 0.2) is 4.77 Å². The van der Waals surface area contributed by atoms with Gasteiger partial charge in [0.2, 0.25) is 0 Å². The molecule has 3 nitrogen and oxygen atoms in total. The fourth-order valence-electron chi connectivity index (χ4n) is 2.11. The Bertz CT molecular complexity index is 662. The molecule has 1 aromatic carbocycles. The SMILES string of the molecule is CC(C)N(C)CCCn1c(=S)[nH]c2cc(F)c(Br)cc21. The molecular weight excluding hydrogens is 341 g/mol. The van der Waals surface area contributed by atoms with Crippen LogP contribution in [0.1, 0.15) is 20.3 Å². The third kappa shape index (κ3) is 3.30. The summed E-state index contributed by atoms with van der Waals surface area (Å²) >= 11 is 8.55. The molecule has 0 spiro atoms. The zero-order valence-electron chi connectivity index (χ0n) is 11.9. The summed E-state index contributed by atoms with van der Waals surface area (Å²) in [5.74, 6) is -0.277. The molecule has 0 aliphatic rings. The Morgan fingerprint density at radius 2 is 2.15 bits per heavy atom. The zero-order valence-corrected chi connectivity index (χ0v) is 14.3. The second-order valence-corrected chi connectivity index (χ2v) is 6.53. The van der Waals surface area contributed by atoms with E-state index < -0.39 is 0 Å². The molecule has 0 atom stereocenters. The number of halogens is 2. The zero-order chi connectivity index (χ0) is 14.9. The molecule has 6 heteroatoms. The third-order valence-corrected chi connectivity index (χ3v) is 4.52. The van der Waals surface area contributed by atoms with Crippen LogP contribution >= 0.6 is 28.1 Å². The Labute approximate surface area is 131 Å². The van der Waals surface area contributed by atoms with E-state index >= 15 is 0 Å². The molecule has 0 aliphatic carbocycles. The van der Waals surface area contributed by atoms with Crippen molar-refractivity contribution in [3.05, 3.63) is 27.2 Å². The summed E-state index contributed by atoms with van der Waals surface area (Å²) < 4.78 is 16.7. The first-order chi connectivity index (χ1) is 9.40. The molecule has 2 rings (SSSR count). The molecule has 0 aliphatic heterocycles. The van der Waals surface area contributed by atoms with Crippen LogP contribution in [0.4, 0.5) is 4.39 Å². The highest BCUT2D eigenvalue weighted by Crippen LogP contribution is 2.23. The lowest BCUT2D eigenvalue weighted by molar-refractivity contribution is 0.266. The monoisotopic (exact) mass is 359 g/mol. The Morgan fingerprint density at radius 1 is 1.45 bits per heavy atom. The van der Waals surface area contributed by atoms with Crippen LogP contribution in [0.25, 0.3) is 11.0 Å². The van der Waals surface area contributed by atoms with Crippen molar-refractivity contribution in [2.45, 2.75) is 32.9 Å². The van der Waals surface area contributed by atoms with Crippen LogP contribution in [-0.4, -0.2) is 34.1 Å². The fraction of sp³-hybridized carbons (Fsp3) is 0.500. The Kier molecular flexibility index (Phi) is 4.99. The van der Waals surface area contributed by atoms with E-state index in [1.807, 2.05) is 4.57 Å². The van der Waals surface area contributed by atoms with E-state index in [0.29, 0.717) is 15.3 Å². The average Bonchev–Trinajstić information content (AvgIpc) is 2.66. The van der Waals surface area contributed by atoms with E-state index in [9.17, 15) is 4.39 Å². The second-order valence-electron chi connectivity index (χ2n) is 5.29. The van der Waals surface area contributed by atoms with Crippen LogP contribution in [0.5, 0.6) is 0 Å². The van der Waals surface area contributed by atoms with Gasteiger partial charge in [-0.15, -0.1) is 0 Å². The number of aromatic amines is 1. The maximum absolute atomic E-state index is 13.5. The summed E-state index contributed by atoms with van der Waals surface area (Å²) in [4.78, 5) is 5.36. The van der Waals surface area contributed by atoms with Crippen LogP contribution in [-0.2, 0) is 6.54 Å². The van der Waals surface area contributed by atoms with E-state index in [1.54, 1.807) is 6.07 Å². The van der Waals surface area contributed by atoms with Crippen molar-refractivity contribution in [1.29, 1.82) is 0 Å². The van der Waals surface area contributed by atoms with Crippen molar-refractivity contribution in [1.82, 2.24) is 14.5 Å². The number of nitrogens with one attached hydrogen (secondary N) is 1. The largest absolute Gasteiger partial charge is 0.330 e. The second kappa shape index (κ2) is 6.37. The summed E-state index contributed by atoms with van der Waals surface area (Å²) in [5, 5.41) is 0. The van der Waals surface area contributed by atoms with Gasteiger partial charge in [-0.05, 0) is 68.1 Å². The Hall–Kier alpha value is -0.720. The summed E-state index contributed by atoms with van der Waals surface area (Å²) in [6.07, 6.45) is 1.00. The highest BCUT2D eigenvalue weighted by Gasteiger charge is 2.09. The van der Waals surface area contributed by atoms with Crippen molar-refractivity contribution in [2.75, 3.05) is 13.6 Å². The first-order valence-electron chi connectivity index (χ1n) is 6.68. The molecule has 0 unspecified atom stereocenters. The maximum Gasteiger partial charge on any atom is 0.178 e. The highest BCUT2D eigenvalue weighted by molar-refractivity contribution is 9.10. The van der Waals surface area contributed by atoms with Crippen LogP contribution in [0.3, 0.4) is 0 Å². The molecule has 0 fully saturated rings. The third-order valence-electron chi connectivity index (χ3n) is 3.59. The minimum absolute atomic E-state index is 0.277. The molecule has 0 radical (unpaired) electrons. The summed E-state index contributed by atoms with van der Waals surface area (Å²) in [5.41, 5.74) is 1.68. The molecule has 1 heterocycles. The maximum atomic E-state index is 13.5. The van der Waals surface area contributed by atoms with Crippen LogP contribution < -0.4 is 0 Å². The fourth-order valence-corrected chi connectivity index (χ4v) is 2.74. The number of benzene rings is 1. The Balaban J connectivity index is 2.20. The van der Waals surface area contributed by atoms with Crippen molar-refractivity contribution < 1.29 is 4.39 Å². The topological polar surface area (TPSA) is 24.0 Å². The molecule has 2 aromatic rings. The summed E-state index contributed by atoms with van der Waals surface area (Å²) in [6, 6.07) is 3.80. The minimum Gasteiger partial charge on any atom is -0.330 e. The van der Waals surface area contributed by atoms with E-state index in [4.69, 9.17) is 12.2 Å². The minimum atomic E-state index is -0.277. The van der Waals surface area contributed by atoms with E-state index in [1.165, 1.54) is 6.07 Å². The van der Waals surface area contributed by atoms with Crippen molar-refractivity contribution >= 4 is 39.2 Å². The smallest absolute Gasteiger partial charge is 0.178 e. The lowest BCUT2D eigenvalue weighted by atomic mass is 10.3. The van der Waals surface area contributed by atoms with Crippen LogP contribution in [0.2, 0.25) is 0 Å². The van der Waals surface area contributed by atoms with Gasteiger partial charge in [-0.25, -0.2) is 4.39 Å². The van der Waals surface area contributed by atoms with E-state index in [2.05, 4.69) is 46.7 Å². The van der Waals surface area contributed by atoms with Gasteiger partial charge in [0.05, 0.1) is 15.5 Å². The number of fused-ring (bicyclic) bond motifs is 1. The van der Waals surface area contributed by atoms with Crippen LogP contribution in [0.15, 0.2) is 16.6 Å². The van der Waals surface area contributed by atoms with Gasteiger partial charge in [-0.2, -0.15) is 0 Å². The standard InChI is InChI=1S/C14H19BrFN3S/c1-9(2)18(3)5-4-6-19-13-7-10(15)11(16)8-12(13)17-14(19)20/h7-9H,4-6H2,1-3H3,(H,17,20). The molecule has 0 amide bonds. The van der Waals surface area contributed by atoms with E-state index in [0.717, 1.165) is 30.5 Å². The van der Waals surface area contributed by atoms with Crippen LogP contribution in [0, 0.1) is 10.6 Å². The van der Waals surface area contributed by atoms with Gasteiger partial charge in [0.25, 0.3) is 0 Å². The first kappa shape index (κ1) is 15.7. The van der Waals surface area contributed by atoms with Crippen molar-refractivity contribution in [3.8, 4) is 0 Å². The number of rotatable bonds is 5. The van der Waals surface area contributed by atoms with E-state index in [-0.39, 0.29) is 5.82 Å². The molecule has 0 saturated carbocycles. The van der Waals surface area contributed by atoms with Gasteiger partial charge in [0.1, 0.15) is 5.82 Å². The number of aromatic nitrogens is 2. The predicted octanol–water partition coefficient (Wildman–Crippen LogP) is 4.33. The van der Waals surface area contributed by atoms with Gasteiger partial charge in [-0.1, -0.05) is 0 Å². The van der Waals surface area contributed by atoms with Crippen molar-refractivity contribution in [3.63, 3.8) is 0 Å². The number of nitrogens with zero attached hydrogens (tertiary/aromatic N) is 2. The quantitative estimate of drug-likeness (QED) is 0.803. The molecule has 0 saturated heterocycles. The number of hydrogen-bond donors (Lipinski definition) is 1. The lowest BCUT2D eigenvalue weighted by Crippen LogP contribution is -2.27. The average molecular weight is 360 g/mol. The number of aryl methyl sites for hydroxylation is 1. The van der Waals surface area contributed by atoms with Crippen molar-refractivity contribution in [2.24, 2.45) is 0 Å². The normalized spacial score (nSPS) is 11.9. The number of hydrogen-bond acceptors (Lipinski definition) is 2. The predicted molar refractivity (Wildman–Crippen MR) is 87.2 cm³/mol. The lowest BCUT2D eigenvalue weighted by Gasteiger charge is -2.20. The summed E-state index contributed by atoms with van der Waals surface area (Å²) in [7, 11) is 2.12. The van der Waals surface area contributed by atoms with Gasteiger partial charge in [0, 0.05) is 18.7 Å². The van der Waals surface area contributed by atoms with Gasteiger partial charge in [-0.3, -0.25) is 0 Å². The molecule has 110 valence electrons. The number of imidazole rings is 1. The van der Waals surface area contributed by atoms with Gasteiger partial charge < -0.3 is 14.5 Å². The molecule has 1 aromatic heterocycles. The van der Waals surface area contributed by atoms with Gasteiger partial charge >= 0.3 is 0 Å². The first-order valence-corrected chi connectivity index (χ1v) is 7.88. The molecule has 1 N–H and O–H groups in total. The highest BCUT2D eigenvalue weighted by atomic mass is 79.9. The number of H-pyrrole nitrogens is 1. The molecular formula is C14H19BrFN3S. The molecule has 20 heavy (non-hydrogen) atoms. The molecule has 0 bridgehead atoms. The summed E-state index contributed by atoms with van der Waals surface area (Å²) in [6.45, 7) is 6.19.